The van der Waals surface area contributed by atoms with Gasteiger partial charge in [-0.05, 0) is 18.6 Å². The summed E-state index contributed by atoms with van der Waals surface area (Å²) >= 11 is 0. The van der Waals surface area contributed by atoms with Crippen LogP contribution >= 0.6 is 0 Å². The summed E-state index contributed by atoms with van der Waals surface area (Å²) in [6, 6.07) is 7.57. The molecule has 0 radical (unpaired) electrons. The minimum atomic E-state index is -0.956. The van der Waals surface area contributed by atoms with Gasteiger partial charge in [0.25, 0.3) is 0 Å². The van der Waals surface area contributed by atoms with Crippen LogP contribution in [-0.4, -0.2) is 27.6 Å². The van der Waals surface area contributed by atoms with Gasteiger partial charge in [-0.15, -0.1) is 0 Å². The Kier molecular flexibility index (Phi) is 3.92. The molecule has 0 bridgehead atoms. The summed E-state index contributed by atoms with van der Waals surface area (Å²) < 4.78 is 5.57. The van der Waals surface area contributed by atoms with E-state index in [1.54, 1.807) is 0 Å². The molecule has 19 heavy (non-hydrogen) atoms. The minimum absolute atomic E-state index is 0.202. The summed E-state index contributed by atoms with van der Waals surface area (Å²) in [7, 11) is 0. The van der Waals surface area contributed by atoms with E-state index >= 15 is 0 Å². The number of hydrogen-bond acceptors (Lipinski definition) is 5. The second-order valence-corrected chi connectivity index (χ2v) is 3.85. The van der Waals surface area contributed by atoms with Crippen LogP contribution in [0, 0.1) is 6.92 Å². The molecule has 0 spiro atoms. The Hall–Kier alpha value is -2.63. The van der Waals surface area contributed by atoms with E-state index in [1.165, 1.54) is 12.4 Å². The topological polar surface area (TPSA) is 84.3 Å². The van der Waals surface area contributed by atoms with Crippen LogP contribution in [0.2, 0.25) is 0 Å². The molecule has 0 unspecified atom stereocenters. The number of nitrogens with zero attached hydrogens (tertiary/aromatic N) is 2. The summed E-state index contributed by atoms with van der Waals surface area (Å²) in [6.07, 6.45) is 2.87. The van der Waals surface area contributed by atoms with E-state index in [0.717, 1.165) is 5.56 Å². The van der Waals surface area contributed by atoms with Crippen molar-refractivity contribution < 1.29 is 14.6 Å². The number of carbonyl (C=O) groups is 1. The quantitative estimate of drug-likeness (QED) is 0.855. The summed E-state index contributed by atoms with van der Waals surface area (Å²) in [5, 5.41) is 11.1. The molecule has 2 aromatic rings. The van der Waals surface area contributed by atoms with Crippen LogP contribution in [0.15, 0.2) is 36.7 Å². The Morgan fingerprint density at radius 2 is 2.11 bits per heavy atom. The molecule has 0 fully saturated rings. The summed E-state index contributed by atoms with van der Waals surface area (Å²) in [5.41, 5.74) is 0.998. The molecule has 1 aromatic carbocycles. The van der Waals surface area contributed by atoms with Crippen LogP contribution in [-0.2, 0) is 4.79 Å². The van der Waals surface area contributed by atoms with Gasteiger partial charge in [-0.25, -0.2) is 9.97 Å². The number of aliphatic carboxylic acids is 1. The van der Waals surface area contributed by atoms with Crippen LogP contribution in [0.25, 0.3) is 0 Å². The van der Waals surface area contributed by atoms with Crippen molar-refractivity contribution in [3.63, 3.8) is 0 Å². The Morgan fingerprint density at radius 1 is 1.32 bits per heavy atom. The zero-order valence-electron chi connectivity index (χ0n) is 10.3. The average Bonchev–Trinajstić information content (AvgIpc) is 2.40. The molecular weight excluding hydrogens is 246 g/mol. The number of para-hydroxylation sites is 1. The highest BCUT2D eigenvalue weighted by Crippen LogP contribution is 2.22. The summed E-state index contributed by atoms with van der Waals surface area (Å²) in [4.78, 5) is 18.5. The fourth-order valence-corrected chi connectivity index (χ4v) is 1.41. The Morgan fingerprint density at radius 3 is 2.74 bits per heavy atom. The van der Waals surface area contributed by atoms with Crippen molar-refractivity contribution in [3.05, 3.63) is 42.2 Å². The van der Waals surface area contributed by atoms with Crippen molar-refractivity contribution in [1.29, 1.82) is 0 Å². The number of hydrogen-bond donors (Lipinski definition) is 2. The van der Waals surface area contributed by atoms with Crippen LogP contribution in [0.3, 0.4) is 0 Å². The molecule has 0 saturated carbocycles. The predicted octanol–water partition coefficient (Wildman–Crippen LogP) is 2.07. The van der Waals surface area contributed by atoms with Gasteiger partial charge in [-0.3, -0.25) is 4.79 Å². The van der Waals surface area contributed by atoms with E-state index < -0.39 is 5.97 Å². The van der Waals surface area contributed by atoms with Gasteiger partial charge in [0.2, 0.25) is 5.88 Å². The van der Waals surface area contributed by atoms with E-state index in [4.69, 9.17) is 9.84 Å². The molecule has 6 nitrogen and oxygen atoms in total. The first kappa shape index (κ1) is 12.8. The van der Waals surface area contributed by atoms with Crippen molar-refractivity contribution in [2.45, 2.75) is 6.92 Å². The van der Waals surface area contributed by atoms with Crippen molar-refractivity contribution in [1.82, 2.24) is 9.97 Å². The second-order valence-electron chi connectivity index (χ2n) is 3.85. The normalized spacial score (nSPS) is 9.95. The third-order valence-electron chi connectivity index (χ3n) is 2.36. The van der Waals surface area contributed by atoms with Gasteiger partial charge in [0.1, 0.15) is 18.1 Å². The first-order valence-electron chi connectivity index (χ1n) is 5.66. The van der Waals surface area contributed by atoms with Crippen molar-refractivity contribution in [2.24, 2.45) is 0 Å². The number of aryl methyl sites for hydroxylation is 1. The maximum Gasteiger partial charge on any atom is 0.322 e. The van der Waals surface area contributed by atoms with Gasteiger partial charge in [-0.1, -0.05) is 18.2 Å². The van der Waals surface area contributed by atoms with Gasteiger partial charge in [0, 0.05) is 0 Å². The highest BCUT2D eigenvalue weighted by atomic mass is 16.5. The molecule has 0 amide bonds. The van der Waals surface area contributed by atoms with E-state index in [1.807, 2.05) is 31.2 Å². The van der Waals surface area contributed by atoms with Crippen molar-refractivity contribution in [3.8, 4) is 11.6 Å². The Balaban J connectivity index is 2.03. The van der Waals surface area contributed by atoms with E-state index in [-0.39, 0.29) is 6.54 Å². The molecule has 0 aliphatic rings. The molecule has 0 saturated heterocycles. The molecule has 2 N–H and O–H groups in total. The lowest BCUT2D eigenvalue weighted by atomic mass is 10.2. The average molecular weight is 259 g/mol. The standard InChI is InChI=1S/C13H13N3O3/c1-9-4-2-3-5-10(9)19-12-7-14-11(6-16-12)15-8-13(17)18/h2-7H,8H2,1H3,(H,14,15)(H,17,18). The molecule has 0 aliphatic heterocycles. The fraction of sp³-hybridized carbons (Fsp3) is 0.154. The fourth-order valence-electron chi connectivity index (χ4n) is 1.41. The van der Waals surface area contributed by atoms with Crippen LogP contribution in [0.5, 0.6) is 11.6 Å². The Bertz CT molecular complexity index is 570. The molecule has 2 rings (SSSR count). The SMILES string of the molecule is Cc1ccccc1Oc1cnc(NCC(=O)O)cn1. The number of anilines is 1. The van der Waals surface area contributed by atoms with Crippen LogP contribution in [0.4, 0.5) is 5.82 Å². The van der Waals surface area contributed by atoms with Crippen LogP contribution in [0.1, 0.15) is 5.56 Å². The zero-order chi connectivity index (χ0) is 13.7. The maximum atomic E-state index is 10.4. The first-order valence-corrected chi connectivity index (χ1v) is 5.66. The van der Waals surface area contributed by atoms with E-state index in [0.29, 0.717) is 17.4 Å². The van der Waals surface area contributed by atoms with Crippen molar-refractivity contribution in [2.75, 3.05) is 11.9 Å². The highest BCUT2D eigenvalue weighted by Gasteiger charge is 2.03. The Labute approximate surface area is 110 Å². The molecule has 0 aliphatic carbocycles. The van der Waals surface area contributed by atoms with E-state index in [2.05, 4.69) is 15.3 Å². The van der Waals surface area contributed by atoms with Gasteiger partial charge in [-0.2, -0.15) is 0 Å². The largest absolute Gasteiger partial charge is 0.480 e. The minimum Gasteiger partial charge on any atom is -0.480 e. The lowest BCUT2D eigenvalue weighted by Crippen LogP contribution is -2.13. The lowest BCUT2D eigenvalue weighted by molar-refractivity contribution is -0.134. The molecule has 1 aromatic heterocycles. The van der Waals surface area contributed by atoms with E-state index in [9.17, 15) is 4.79 Å². The van der Waals surface area contributed by atoms with Crippen molar-refractivity contribution >= 4 is 11.8 Å². The number of carboxylic acid groups (broad SMARTS) is 1. The third-order valence-corrected chi connectivity index (χ3v) is 2.36. The van der Waals surface area contributed by atoms with Gasteiger partial charge >= 0.3 is 5.97 Å². The van der Waals surface area contributed by atoms with Gasteiger partial charge < -0.3 is 15.2 Å². The monoisotopic (exact) mass is 259 g/mol. The molecule has 1 heterocycles. The highest BCUT2D eigenvalue weighted by molar-refractivity contribution is 5.72. The number of rotatable bonds is 5. The molecule has 0 atom stereocenters. The number of nitrogens with one attached hydrogen (secondary N) is 1. The smallest absolute Gasteiger partial charge is 0.322 e. The molecule has 6 heteroatoms. The maximum absolute atomic E-state index is 10.4. The second kappa shape index (κ2) is 5.81. The van der Waals surface area contributed by atoms with Crippen LogP contribution < -0.4 is 10.1 Å². The number of carboxylic acids is 1. The van der Waals surface area contributed by atoms with Gasteiger partial charge in [0.15, 0.2) is 0 Å². The number of benzene rings is 1. The third kappa shape index (κ3) is 3.67. The summed E-state index contributed by atoms with van der Waals surface area (Å²) in [5.74, 6) is 0.500. The lowest BCUT2D eigenvalue weighted by Gasteiger charge is -2.07. The molecular formula is C13H13N3O3. The first-order chi connectivity index (χ1) is 9.15. The summed E-state index contributed by atoms with van der Waals surface area (Å²) in [6.45, 7) is 1.73. The number of ether oxygens (including phenoxy) is 1. The molecule has 98 valence electrons. The van der Waals surface area contributed by atoms with Gasteiger partial charge in [0.05, 0.1) is 12.4 Å². The zero-order valence-corrected chi connectivity index (χ0v) is 10.3. The number of aromatic nitrogens is 2. The predicted molar refractivity (Wildman–Crippen MR) is 69.4 cm³/mol.